The average molecular weight is 176 g/mol. The van der Waals surface area contributed by atoms with Crippen LogP contribution in [-0.2, 0) is 0 Å². The molecule has 0 aliphatic heterocycles. The Kier molecular flexibility index (Phi) is 1.93. The zero-order chi connectivity index (χ0) is 9.26. The minimum atomic E-state index is 0.422. The quantitative estimate of drug-likeness (QED) is 0.764. The molecule has 68 valence electrons. The topological polar surface area (TPSA) is 38.1 Å². The van der Waals surface area contributed by atoms with Gasteiger partial charge in [0.25, 0.3) is 0 Å². The number of nitrogens with one attached hydrogen (secondary N) is 1. The fourth-order valence-corrected chi connectivity index (χ4v) is 1.27. The molecule has 0 radical (unpaired) electrons. The number of nitrogens with zero attached hydrogens (tertiary/aromatic N) is 1. The molecule has 0 aliphatic carbocycles. The Labute approximate surface area is 76.8 Å². The lowest BCUT2D eigenvalue weighted by molar-refractivity contribution is 0.603. The molecule has 0 fully saturated rings. The maximum Gasteiger partial charge on any atom is 0.225 e. The second kappa shape index (κ2) is 3.09. The van der Waals surface area contributed by atoms with Crippen molar-refractivity contribution in [2.24, 2.45) is 0 Å². The Morgan fingerprint density at radius 3 is 3.08 bits per heavy atom. The van der Waals surface area contributed by atoms with Crippen LogP contribution in [0.1, 0.15) is 13.8 Å². The van der Waals surface area contributed by atoms with Crippen LogP contribution in [0.5, 0.6) is 0 Å². The van der Waals surface area contributed by atoms with E-state index >= 15 is 0 Å². The van der Waals surface area contributed by atoms with Gasteiger partial charge >= 0.3 is 0 Å². The number of aromatic nitrogens is 1. The number of rotatable bonds is 2. The highest BCUT2D eigenvalue weighted by molar-refractivity contribution is 5.76. The van der Waals surface area contributed by atoms with E-state index in [0.717, 1.165) is 11.1 Å². The predicted molar refractivity (Wildman–Crippen MR) is 52.8 cm³/mol. The van der Waals surface area contributed by atoms with Crippen molar-refractivity contribution >= 4 is 16.8 Å². The molecule has 13 heavy (non-hydrogen) atoms. The minimum absolute atomic E-state index is 0.422. The lowest BCUT2D eigenvalue weighted by Gasteiger charge is -2.08. The standard InChI is InChI=1S/C10H12N2O/c1-7(2)12-9-5-8-3-4-13-10(8)11-6-9/h3-7,12H,1-2H3. The number of hydrogen-bond acceptors (Lipinski definition) is 3. The third-order valence-electron chi connectivity index (χ3n) is 1.76. The average Bonchev–Trinajstić information content (AvgIpc) is 2.49. The summed E-state index contributed by atoms with van der Waals surface area (Å²) >= 11 is 0. The van der Waals surface area contributed by atoms with Crippen LogP contribution in [0, 0.1) is 0 Å². The Morgan fingerprint density at radius 2 is 2.31 bits per heavy atom. The van der Waals surface area contributed by atoms with Crippen molar-refractivity contribution in [2.75, 3.05) is 5.32 Å². The van der Waals surface area contributed by atoms with Crippen molar-refractivity contribution in [1.82, 2.24) is 4.98 Å². The molecule has 3 heteroatoms. The van der Waals surface area contributed by atoms with Gasteiger partial charge in [-0.05, 0) is 26.0 Å². The van der Waals surface area contributed by atoms with Crippen LogP contribution in [0.3, 0.4) is 0 Å². The second-order valence-electron chi connectivity index (χ2n) is 3.34. The van der Waals surface area contributed by atoms with Crippen molar-refractivity contribution in [3.63, 3.8) is 0 Å². The van der Waals surface area contributed by atoms with Gasteiger partial charge in [-0.1, -0.05) is 0 Å². The molecular formula is C10H12N2O. The number of anilines is 1. The van der Waals surface area contributed by atoms with E-state index in [0.29, 0.717) is 11.8 Å². The maximum atomic E-state index is 5.14. The first-order valence-corrected chi connectivity index (χ1v) is 4.35. The summed E-state index contributed by atoms with van der Waals surface area (Å²) in [7, 11) is 0. The van der Waals surface area contributed by atoms with Crippen LogP contribution in [0.25, 0.3) is 11.1 Å². The number of pyridine rings is 1. The highest BCUT2D eigenvalue weighted by Crippen LogP contribution is 2.17. The van der Waals surface area contributed by atoms with Crippen molar-refractivity contribution in [2.45, 2.75) is 19.9 Å². The van der Waals surface area contributed by atoms with E-state index in [1.807, 2.05) is 12.1 Å². The monoisotopic (exact) mass is 176 g/mol. The first kappa shape index (κ1) is 8.10. The van der Waals surface area contributed by atoms with Crippen LogP contribution >= 0.6 is 0 Å². The molecule has 0 aliphatic rings. The minimum Gasteiger partial charge on any atom is -0.446 e. The molecular weight excluding hydrogens is 164 g/mol. The third kappa shape index (κ3) is 1.64. The molecule has 2 rings (SSSR count). The molecule has 0 amide bonds. The fraction of sp³-hybridized carbons (Fsp3) is 0.300. The van der Waals surface area contributed by atoms with Crippen LogP contribution in [0.4, 0.5) is 5.69 Å². The summed E-state index contributed by atoms with van der Waals surface area (Å²) in [6.07, 6.45) is 3.43. The van der Waals surface area contributed by atoms with Crippen LogP contribution < -0.4 is 5.32 Å². The van der Waals surface area contributed by atoms with Gasteiger partial charge < -0.3 is 9.73 Å². The molecule has 0 bridgehead atoms. The number of furan rings is 1. The fourth-order valence-electron chi connectivity index (χ4n) is 1.27. The van der Waals surface area contributed by atoms with Crippen LogP contribution in [0.2, 0.25) is 0 Å². The predicted octanol–water partition coefficient (Wildman–Crippen LogP) is 2.65. The molecule has 0 spiro atoms. The number of fused-ring (bicyclic) bond motifs is 1. The number of hydrogen-bond donors (Lipinski definition) is 1. The van der Waals surface area contributed by atoms with E-state index in [2.05, 4.69) is 24.1 Å². The molecule has 2 heterocycles. The highest BCUT2D eigenvalue weighted by atomic mass is 16.3. The van der Waals surface area contributed by atoms with E-state index in [9.17, 15) is 0 Å². The molecule has 2 aromatic rings. The molecule has 0 unspecified atom stereocenters. The van der Waals surface area contributed by atoms with Crippen molar-refractivity contribution in [3.05, 3.63) is 24.6 Å². The first-order chi connectivity index (χ1) is 6.25. The summed E-state index contributed by atoms with van der Waals surface area (Å²) in [6.45, 7) is 4.19. The Hall–Kier alpha value is -1.51. The van der Waals surface area contributed by atoms with Crippen molar-refractivity contribution in [1.29, 1.82) is 0 Å². The van der Waals surface area contributed by atoms with E-state index in [1.54, 1.807) is 12.5 Å². The molecule has 0 atom stereocenters. The third-order valence-corrected chi connectivity index (χ3v) is 1.76. The van der Waals surface area contributed by atoms with E-state index in [1.165, 1.54) is 0 Å². The SMILES string of the molecule is CC(C)Nc1cnc2occc2c1. The van der Waals surface area contributed by atoms with Gasteiger partial charge in [-0.3, -0.25) is 0 Å². The molecule has 1 N–H and O–H groups in total. The van der Waals surface area contributed by atoms with Gasteiger partial charge in [0.1, 0.15) is 0 Å². The van der Waals surface area contributed by atoms with Gasteiger partial charge in [-0.2, -0.15) is 0 Å². The molecule has 0 saturated heterocycles. The smallest absolute Gasteiger partial charge is 0.225 e. The normalized spacial score (nSPS) is 11.0. The van der Waals surface area contributed by atoms with Crippen LogP contribution in [-0.4, -0.2) is 11.0 Å². The molecule has 0 saturated carbocycles. The van der Waals surface area contributed by atoms with E-state index in [4.69, 9.17) is 4.42 Å². The lowest BCUT2D eigenvalue weighted by Crippen LogP contribution is -2.09. The second-order valence-corrected chi connectivity index (χ2v) is 3.34. The zero-order valence-electron chi connectivity index (χ0n) is 7.74. The lowest BCUT2D eigenvalue weighted by atomic mass is 10.3. The van der Waals surface area contributed by atoms with E-state index in [-0.39, 0.29) is 0 Å². The largest absolute Gasteiger partial charge is 0.446 e. The molecule has 0 aromatic carbocycles. The van der Waals surface area contributed by atoms with Gasteiger partial charge in [0, 0.05) is 11.4 Å². The van der Waals surface area contributed by atoms with E-state index < -0.39 is 0 Å². The van der Waals surface area contributed by atoms with Crippen molar-refractivity contribution < 1.29 is 4.42 Å². The van der Waals surface area contributed by atoms with Gasteiger partial charge in [0.2, 0.25) is 5.71 Å². The Morgan fingerprint density at radius 1 is 1.46 bits per heavy atom. The van der Waals surface area contributed by atoms with Gasteiger partial charge in [0.05, 0.1) is 18.1 Å². The Balaban J connectivity index is 2.37. The summed E-state index contributed by atoms with van der Waals surface area (Å²) in [6, 6.07) is 4.37. The first-order valence-electron chi connectivity index (χ1n) is 4.35. The van der Waals surface area contributed by atoms with Gasteiger partial charge in [-0.25, -0.2) is 4.98 Å². The highest BCUT2D eigenvalue weighted by Gasteiger charge is 2.00. The summed E-state index contributed by atoms with van der Waals surface area (Å²) in [5, 5.41) is 4.32. The molecule has 2 aromatic heterocycles. The van der Waals surface area contributed by atoms with Gasteiger partial charge in [0.15, 0.2) is 0 Å². The van der Waals surface area contributed by atoms with Crippen molar-refractivity contribution in [3.8, 4) is 0 Å². The summed E-state index contributed by atoms with van der Waals surface area (Å²) in [5.41, 5.74) is 1.72. The Bertz CT molecular complexity index is 406. The zero-order valence-corrected chi connectivity index (χ0v) is 7.74. The molecule has 3 nitrogen and oxygen atoms in total. The maximum absolute atomic E-state index is 5.14. The summed E-state index contributed by atoms with van der Waals surface area (Å²) in [5.74, 6) is 0. The summed E-state index contributed by atoms with van der Waals surface area (Å²) in [4.78, 5) is 4.17. The van der Waals surface area contributed by atoms with Gasteiger partial charge in [-0.15, -0.1) is 0 Å². The van der Waals surface area contributed by atoms with Crippen LogP contribution in [0.15, 0.2) is 29.0 Å². The summed E-state index contributed by atoms with van der Waals surface area (Å²) < 4.78 is 5.14.